The van der Waals surface area contributed by atoms with Gasteiger partial charge in [0.15, 0.2) is 17.4 Å². The van der Waals surface area contributed by atoms with Gasteiger partial charge in [-0.25, -0.2) is 0 Å². The van der Waals surface area contributed by atoms with Gasteiger partial charge in [0, 0.05) is 7.11 Å². The maximum atomic E-state index is 9.08. The van der Waals surface area contributed by atoms with E-state index in [1.54, 1.807) is 13.2 Å². The Morgan fingerprint density at radius 2 is 2.00 bits per heavy atom. The fourth-order valence-corrected chi connectivity index (χ4v) is 6.52. The fraction of sp³-hybridized carbons (Fsp3) is 1.00. The Hall–Kier alpha value is 1.40. The summed E-state index contributed by atoms with van der Waals surface area (Å²) in [6.07, 6.45) is 2.89. The summed E-state index contributed by atoms with van der Waals surface area (Å²) in [4.78, 5) is 0. The van der Waals surface area contributed by atoms with E-state index >= 15 is 0 Å². The van der Waals surface area contributed by atoms with Gasteiger partial charge in [0.05, 0.1) is 15.9 Å². The third kappa shape index (κ3) is 6.24. The van der Waals surface area contributed by atoms with Gasteiger partial charge in [-0.05, 0) is 52.1 Å². The molecule has 2 aliphatic rings. The van der Waals surface area contributed by atoms with Gasteiger partial charge < -0.3 is 20.1 Å². The Morgan fingerprint density at radius 1 is 1.33 bits per heavy atom. The summed E-state index contributed by atoms with van der Waals surface area (Å²) >= 11 is 0. The molecule has 104 valence electrons. The van der Waals surface area contributed by atoms with Crippen LogP contribution >= 0.6 is 0 Å². The minimum absolute atomic E-state index is 0. The maximum Gasteiger partial charge on any atom is 1.00 e. The molecular weight excluding hydrogens is 270 g/mol. The zero-order valence-corrected chi connectivity index (χ0v) is 14.3. The van der Waals surface area contributed by atoms with Crippen LogP contribution in [0, 0.1) is 0 Å². The molecule has 0 saturated carbocycles. The Balaban J connectivity index is -0.000000252. The first-order valence-corrected chi connectivity index (χ1v) is 10.1. The van der Waals surface area contributed by atoms with Gasteiger partial charge in [0.2, 0.25) is 0 Å². The largest absolute Gasteiger partial charge is 1.00 e. The number of rotatable bonds is 2. The second kappa shape index (κ2) is 11.1. The van der Waals surface area contributed by atoms with Gasteiger partial charge in [-0.2, -0.15) is 0 Å². The summed E-state index contributed by atoms with van der Waals surface area (Å²) in [5.41, 5.74) is 0. The van der Waals surface area contributed by atoms with Crippen molar-refractivity contribution in [2.24, 2.45) is 0 Å². The molecule has 2 fully saturated rings. The molecule has 1 N–H and O–H groups in total. The van der Waals surface area contributed by atoms with Crippen LogP contribution in [0.4, 0.5) is 0 Å². The van der Waals surface area contributed by atoms with E-state index < -0.39 is 8.48 Å². The van der Waals surface area contributed by atoms with Crippen LogP contribution in [-0.4, -0.2) is 90.3 Å². The molecule has 2 rings (SSSR count). The van der Waals surface area contributed by atoms with Crippen molar-refractivity contribution in [1.82, 2.24) is 9.13 Å². The van der Waals surface area contributed by atoms with Gasteiger partial charge in [0.1, 0.15) is 0 Å². The van der Waals surface area contributed by atoms with Crippen molar-refractivity contribution in [3.63, 3.8) is 0 Å². The third-order valence-electron chi connectivity index (χ3n) is 3.71. The predicted molar refractivity (Wildman–Crippen MR) is 83.6 cm³/mol. The summed E-state index contributed by atoms with van der Waals surface area (Å²) in [6, 6.07) is 2.63. The molecule has 8 heteroatoms. The number of hydrogen-bond donors (Lipinski definition) is 1. The number of hydrogen-bond acceptors (Lipinski definition) is 4. The van der Waals surface area contributed by atoms with Gasteiger partial charge in [0.25, 0.3) is 8.48 Å². The summed E-state index contributed by atoms with van der Waals surface area (Å²) < 4.78 is 10.1. The second-order valence-electron chi connectivity index (χ2n) is 4.84. The van der Waals surface area contributed by atoms with Crippen molar-refractivity contribution in [2.75, 3.05) is 40.5 Å². The summed E-state index contributed by atoms with van der Waals surface area (Å²) in [6.45, 7) is 2.47. The number of nitrogens with zero attached hydrogens (tertiary/aromatic N) is 2. The molecule has 0 bridgehead atoms. The first kappa shape index (κ1) is 21.7. The molecule has 1 unspecified atom stereocenters. The van der Waals surface area contributed by atoms with Gasteiger partial charge in [-0.3, -0.25) is 0 Å². The monoisotopic (exact) mass is 300 g/mol. The van der Waals surface area contributed by atoms with Crippen molar-refractivity contribution >= 4 is 35.5 Å². The Kier molecular flexibility index (Phi) is 13.4. The number of aliphatic hydroxyl groups excluding tert-OH is 1. The molecule has 0 spiro atoms. The molecule has 0 aromatic heterocycles. The van der Waals surface area contributed by atoms with E-state index in [1.807, 2.05) is 7.05 Å². The number of aliphatic hydroxyl groups is 1. The standard InChI is InChI=1S/C6H15NO2Si.C4H11NSi.Al.Li.4H/c1-7-4-3-5-10(7,6-8)9-2;1-5-3-2-4-6-5;;;;;;/h8H,3-6H2,1-2H3;2-4,6H2,1H3;;;;;;/q;;;+1;;;;-1. The normalized spacial score (nSPS) is 29.3. The Bertz CT molecular complexity index is 214. The molecule has 0 aromatic carbocycles. The van der Waals surface area contributed by atoms with Crippen molar-refractivity contribution in [3.8, 4) is 0 Å². The van der Waals surface area contributed by atoms with Crippen LogP contribution in [0.5, 0.6) is 0 Å². The van der Waals surface area contributed by atoms with Crippen LogP contribution in [0.2, 0.25) is 12.1 Å². The third-order valence-corrected chi connectivity index (χ3v) is 9.61. The van der Waals surface area contributed by atoms with Crippen LogP contribution in [0.1, 0.15) is 14.3 Å². The van der Waals surface area contributed by atoms with Gasteiger partial charge in [-0.15, -0.1) is 0 Å². The van der Waals surface area contributed by atoms with E-state index in [9.17, 15) is 0 Å². The quantitative estimate of drug-likeness (QED) is 0.524. The smallest absolute Gasteiger partial charge is 1.00 e. The van der Waals surface area contributed by atoms with E-state index in [2.05, 4.69) is 16.2 Å². The molecule has 2 heterocycles. The first-order chi connectivity index (χ1) is 7.64. The first-order valence-electron chi connectivity index (χ1n) is 6.20. The molecular formula is C10H30AlLiN2O2Si2. The SMILES string of the molecule is CN1CCC[SiH2]1.CO[Si]1(CO)CCCN1C.[AlH3].[H-].[Li+]. The van der Waals surface area contributed by atoms with E-state index in [4.69, 9.17) is 9.53 Å². The minimum Gasteiger partial charge on any atom is -1.00 e. The van der Waals surface area contributed by atoms with E-state index in [-0.39, 0.29) is 43.9 Å². The topological polar surface area (TPSA) is 35.9 Å². The molecule has 4 nitrogen and oxygen atoms in total. The predicted octanol–water partition coefficient (Wildman–Crippen LogP) is -4.30. The summed E-state index contributed by atoms with van der Waals surface area (Å²) in [5.74, 6) is 0. The summed E-state index contributed by atoms with van der Waals surface area (Å²) in [5, 5.41) is 9.08. The molecule has 2 saturated heterocycles. The van der Waals surface area contributed by atoms with Gasteiger partial charge >= 0.3 is 18.9 Å². The van der Waals surface area contributed by atoms with E-state index in [1.165, 1.54) is 19.4 Å². The van der Waals surface area contributed by atoms with E-state index in [0.29, 0.717) is 9.68 Å². The Labute approximate surface area is 139 Å². The van der Waals surface area contributed by atoms with Crippen molar-refractivity contribution in [2.45, 2.75) is 24.9 Å². The maximum absolute atomic E-state index is 9.08. The van der Waals surface area contributed by atoms with Crippen LogP contribution in [0.25, 0.3) is 0 Å². The molecule has 18 heavy (non-hydrogen) atoms. The average molecular weight is 300 g/mol. The molecule has 1 atom stereocenters. The van der Waals surface area contributed by atoms with Crippen LogP contribution in [0.3, 0.4) is 0 Å². The molecule has 0 amide bonds. The summed E-state index contributed by atoms with van der Waals surface area (Å²) in [7, 11) is 4.49. The fourth-order valence-electron chi connectivity index (χ4n) is 2.38. The minimum atomic E-state index is -1.79. The molecule has 0 aromatic rings. The van der Waals surface area contributed by atoms with E-state index in [0.717, 1.165) is 12.6 Å². The average Bonchev–Trinajstić information content (AvgIpc) is 2.89. The van der Waals surface area contributed by atoms with Crippen molar-refractivity contribution < 1.29 is 29.8 Å². The van der Waals surface area contributed by atoms with Crippen LogP contribution < -0.4 is 18.9 Å². The second-order valence-corrected chi connectivity index (χ2v) is 11.0. The van der Waals surface area contributed by atoms with Crippen molar-refractivity contribution in [3.05, 3.63) is 0 Å². The zero-order chi connectivity index (χ0) is 12.0. The molecule has 0 radical (unpaired) electrons. The Morgan fingerprint density at radius 3 is 2.17 bits per heavy atom. The molecule has 2 aliphatic heterocycles. The van der Waals surface area contributed by atoms with Gasteiger partial charge in [-0.1, -0.05) is 0 Å². The van der Waals surface area contributed by atoms with Crippen LogP contribution in [-0.2, 0) is 4.43 Å². The molecule has 0 aliphatic carbocycles. The van der Waals surface area contributed by atoms with Crippen LogP contribution in [0.15, 0.2) is 0 Å². The zero-order valence-electron chi connectivity index (χ0n) is 12.9. The van der Waals surface area contributed by atoms with Crippen molar-refractivity contribution in [1.29, 1.82) is 0 Å².